The second-order valence-corrected chi connectivity index (χ2v) is 3.78. The average Bonchev–Trinajstić information content (AvgIpc) is 2.29. The summed E-state index contributed by atoms with van der Waals surface area (Å²) in [6.45, 7) is 4.30. The largest absolute Gasteiger partial charge is 0.493 e. The van der Waals surface area contributed by atoms with E-state index in [1.165, 1.54) is 0 Å². The topological polar surface area (TPSA) is 64.7 Å². The van der Waals surface area contributed by atoms with Crippen molar-refractivity contribution in [3.63, 3.8) is 0 Å². The molecule has 0 saturated heterocycles. The van der Waals surface area contributed by atoms with E-state index < -0.39 is 5.60 Å². The zero-order valence-electron chi connectivity index (χ0n) is 9.99. The second-order valence-electron chi connectivity index (χ2n) is 3.78. The molecule has 4 nitrogen and oxygen atoms in total. The number of ether oxygens (including phenoxy) is 2. The van der Waals surface area contributed by atoms with Gasteiger partial charge >= 0.3 is 0 Å². The van der Waals surface area contributed by atoms with Gasteiger partial charge in [0.05, 0.1) is 19.3 Å². The van der Waals surface area contributed by atoms with E-state index in [4.69, 9.17) is 15.2 Å². The summed E-state index contributed by atoms with van der Waals surface area (Å²) in [5.74, 6) is 1.27. The van der Waals surface area contributed by atoms with E-state index in [1.807, 2.05) is 6.92 Å². The summed E-state index contributed by atoms with van der Waals surface area (Å²) in [6, 6.07) is 5.32. The number of methoxy groups -OCH3 is 1. The Morgan fingerprint density at radius 1 is 1.38 bits per heavy atom. The minimum atomic E-state index is -1.04. The molecule has 0 aliphatic heterocycles. The standard InChI is InChI=1S/C12H19NO3/c1-4-16-10-6-5-9(7-11(10)15-3)12(2,14)8-13/h5-7,14H,4,8,13H2,1-3H3. The van der Waals surface area contributed by atoms with Gasteiger partial charge in [0, 0.05) is 6.54 Å². The monoisotopic (exact) mass is 225 g/mol. The first-order chi connectivity index (χ1) is 7.55. The van der Waals surface area contributed by atoms with E-state index in [2.05, 4.69) is 0 Å². The van der Waals surface area contributed by atoms with Gasteiger partial charge in [-0.15, -0.1) is 0 Å². The Morgan fingerprint density at radius 3 is 2.56 bits per heavy atom. The third-order valence-corrected chi connectivity index (χ3v) is 2.48. The molecule has 1 atom stereocenters. The van der Waals surface area contributed by atoms with Crippen LogP contribution in [-0.2, 0) is 5.60 Å². The Bertz CT molecular complexity index is 350. The Balaban J connectivity index is 3.08. The van der Waals surface area contributed by atoms with Gasteiger partial charge in [0.25, 0.3) is 0 Å². The number of rotatable bonds is 5. The minimum Gasteiger partial charge on any atom is -0.493 e. The molecular formula is C12H19NO3. The van der Waals surface area contributed by atoms with E-state index in [9.17, 15) is 5.11 Å². The lowest BCUT2D eigenvalue weighted by molar-refractivity contribution is 0.0665. The van der Waals surface area contributed by atoms with Crippen LogP contribution >= 0.6 is 0 Å². The van der Waals surface area contributed by atoms with E-state index in [0.717, 1.165) is 5.56 Å². The number of hydrogen-bond acceptors (Lipinski definition) is 4. The highest BCUT2D eigenvalue weighted by molar-refractivity contribution is 5.44. The molecule has 16 heavy (non-hydrogen) atoms. The minimum absolute atomic E-state index is 0.157. The maximum absolute atomic E-state index is 10.0. The van der Waals surface area contributed by atoms with Crippen molar-refractivity contribution in [2.75, 3.05) is 20.3 Å². The van der Waals surface area contributed by atoms with Gasteiger partial charge in [0.15, 0.2) is 11.5 Å². The first-order valence-corrected chi connectivity index (χ1v) is 5.29. The van der Waals surface area contributed by atoms with Crippen molar-refractivity contribution >= 4 is 0 Å². The normalized spacial score (nSPS) is 14.3. The molecule has 1 rings (SSSR count). The molecule has 1 aromatic carbocycles. The Morgan fingerprint density at radius 2 is 2.06 bits per heavy atom. The highest BCUT2D eigenvalue weighted by atomic mass is 16.5. The van der Waals surface area contributed by atoms with E-state index in [1.54, 1.807) is 32.2 Å². The Labute approximate surface area is 96.0 Å². The summed E-state index contributed by atoms with van der Waals surface area (Å²) < 4.78 is 10.6. The van der Waals surface area contributed by atoms with Crippen LogP contribution in [0.25, 0.3) is 0 Å². The smallest absolute Gasteiger partial charge is 0.161 e. The molecule has 3 N–H and O–H groups in total. The molecule has 1 aromatic rings. The summed E-state index contributed by atoms with van der Waals surface area (Å²) in [7, 11) is 1.57. The maximum Gasteiger partial charge on any atom is 0.161 e. The SMILES string of the molecule is CCOc1ccc(C(C)(O)CN)cc1OC. The van der Waals surface area contributed by atoms with Gasteiger partial charge in [0.2, 0.25) is 0 Å². The third kappa shape index (κ3) is 2.65. The lowest BCUT2D eigenvalue weighted by Gasteiger charge is -2.22. The fourth-order valence-electron chi connectivity index (χ4n) is 1.40. The van der Waals surface area contributed by atoms with Crippen molar-refractivity contribution in [3.8, 4) is 11.5 Å². The van der Waals surface area contributed by atoms with Gasteiger partial charge in [-0.3, -0.25) is 0 Å². The lowest BCUT2D eigenvalue weighted by atomic mass is 9.96. The van der Waals surface area contributed by atoms with E-state index in [-0.39, 0.29) is 6.54 Å². The molecule has 0 saturated carbocycles. The van der Waals surface area contributed by atoms with Crippen LogP contribution < -0.4 is 15.2 Å². The second kappa shape index (κ2) is 5.18. The van der Waals surface area contributed by atoms with Crippen molar-refractivity contribution < 1.29 is 14.6 Å². The fraction of sp³-hybridized carbons (Fsp3) is 0.500. The molecule has 0 spiro atoms. The zero-order chi connectivity index (χ0) is 12.2. The lowest BCUT2D eigenvalue weighted by Crippen LogP contribution is -2.31. The molecule has 0 aliphatic rings. The Kier molecular flexibility index (Phi) is 4.15. The van der Waals surface area contributed by atoms with Crippen LogP contribution in [0.4, 0.5) is 0 Å². The van der Waals surface area contributed by atoms with Gasteiger partial charge in [-0.2, -0.15) is 0 Å². The molecule has 0 heterocycles. The van der Waals surface area contributed by atoms with Crippen LogP contribution in [-0.4, -0.2) is 25.4 Å². The molecule has 1 unspecified atom stereocenters. The maximum atomic E-state index is 10.0. The third-order valence-electron chi connectivity index (χ3n) is 2.48. The highest BCUT2D eigenvalue weighted by Crippen LogP contribution is 2.31. The van der Waals surface area contributed by atoms with Crippen molar-refractivity contribution in [2.24, 2.45) is 5.73 Å². The summed E-state index contributed by atoms with van der Waals surface area (Å²) in [5, 5.41) is 10.0. The highest BCUT2D eigenvalue weighted by Gasteiger charge is 2.22. The number of aliphatic hydroxyl groups is 1. The molecule has 0 fully saturated rings. The van der Waals surface area contributed by atoms with E-state index in [0.29, 0.717) is 18.1 Å². The van der Waals surface area contributed by atoms with Crippen molar-refractivity contribution in [3.05, 3.63) is 23.8 Å². The molecule has 0 radical (unpaired) electrons. The molecule has 90 valence electrons. The molecule has 4 heteroatoms. The van der Waals surface area contributed by atoms with Crippen LogP contribution in [0.1, 0.15) is 19.4 Å². The van der Waals surface area contributed by atoms with Crippen LogP contribution in [0.3, 0.4) is 0 Å². The molecule has 0 bridgehead atoms. The summed E-state index contributed by atoms with van der Waals surface area (Å²) in [5.41, 5.74) is 5.18. The quantitative estimate of drug-likeness (QED) is 0.791. The van der Waals surface area contributed by atoms with Crippen LogP contribution in [0.2, 0.25) is 0 Å². The van der Waals surface area contributed by atoms with Crippen LogP contribution in [0.15, 0.2) is 18.2 Å². The molecule has 0 amide bonds. The summed E-state index contributed by atoms with van der Waals surface area (Å²) in [6.07, 6.45) is 0. The molecular weight excluding hydrogens is 206 g/mol. The van der Waals surface area contributed by atoms with Crippen LogP contribution in [0, 0.1) is 0 Å². The molecule has 0 aromatic heterocycles. The van der Waals surface area contributed by atoms with E-state index >= 15 is 0 Å². The first kappa shape index (κ1) is 12.8. The predicted molar refractivity (Wildman–Crippen MR) is 62.8 cm³/mol. The average molecular weight is 225 g/mol. The molecule has 0 aliphatic carbocycles. The van der Waals surface area contributed by atoms with Crippen molar-refractivity contribution in [2.45, 2.75) is 19.4 Å². The zero-order valence-corrected chi connectivity index (χ0v) is 9.99. The number of nitrogens with two attached hydrogens (primary N) is 1. The van der Waals surface area contributed by atoms with Crippen LogP contribution in [0.5, 0.6) is 11.5 Å². The van der Waals surface area contributed by atoms with Gasteiger partial charge < -0.3 is 20.3 Å². The fourth-order valence-corrected chi connectivity index (χ4v) is 1.40. The van der Waals surface area contributed by atoms with Gasteiger partial charge in [-0.05, 0) is 31.5 Å². The summed E-state index contributed by atoms with van der Waals surface area (Å²) in [4.78, 5) is 0. The Hall–Kier alpha value is -1.26. The van der Waals surface area contributed by atoms with Gasteiger partial charge in [0.1, 0.15) is 0 Å². The number of hydrogen-bond donors (Lipinski definition) is 2. The number of benzene rings is 1. The van der Waals surface area contributed by atoms with Gasteiger partial charge in [-0.1, -0.05) is 6.07 Å². The van der Waals surface area contributed by atoms with Crippen molar-refractivity contribution in [1.82, 2.24) is 0 Å². The van der Waals surface area contributed by atoms with Gasteiger partial charge in [-0.25, -0.2) is 0 Å². The summed E-state index contributed by atoms with van der Waals surface area (Å²) >= 11 is 0. The van der Waals surface area contributed by atoms with Crippen molar-refractivity contribution in [1.29, 1.82) is 0 Å². The predicted octanol–water partition coefficient (Wildman–Crippen LogP) is 1.26. The first-order valence-electron chi connectivity index (χ1n) is 5.29.